The van der Waals surface area contributed by atoms with Crippen molar-refractivity contribution in [1.29, 1.82) is 0 Å². The molecule has 1 aliphatic heterocycles. The molecule has 1 fully saturated rings. The Morgan fingerprint density at radius 2 is 1.62 bits per heavy atom. The number of esters is 1. The Morgan fingerprint density at radius 1 is 1.00 bits per heavy atom. The fourth-order valence-electron chi connectivity index (χ4n) is 3.20. The van der Waals surface area contributed by atoms with Crippen LogP contribution in [-0.2, 0) is 19.4 Å². The molecule has 1 heterocycles. The van der Waals surface area contributed by atoms with Gasteiger partial charge in [0, 0.05) is 24.2 Å². The van der Waals surface area contributed by atoms with E-state index in [-0.39, 0.29) is 28.4 Å². The average molecular weight is 415 g/mol. The molecule has 0 unspecified atom stereocenters. The molecule has 0 aromatic heterocycles. The van der Waals surface area contributed by atoms with E-state index in [9.17, 15) is 22.8 Å². The van der Waals surface area contributed by atoms with Crippen LogP contribution in [0.1, 0.15) is 32.7 Å². The van der Waals surface area contributed by atoms with Gasteiger partial charge in [-0.25, -0.2) is 13.2 Å². The molecule has 3 rings (SSSR count). The minimum absolute atomic E-state index is 0.0457. The van der Waals surface area contributed by atoms with E-state index >= 15 is 0 Å². The monoisotopic (exact) mass is 415 g/mol. The number of ether oxygens (including phenoxy) is 1. The smallest absolute Gasteiger partial charge is 0.339 e. The number of likely N-dealkylation sites (N-methyl/N-ethyl adjacent to an activating group) is 1. The molecule has 0 N–H and O–H groups in total. The van der Waals surface area contributed by atoms with Crippen molar-refractivity contribution in [3.05, 3.63) is 71.3 Å². The first-order chi connectivity index (χ1) is 13.8. The van der Waals surface area contributed by atoms with Crippen molar-refractivity contribution in [2.45, 2.75) is 12.5 Å². The third kappa shape index (κ3) is 4.89. The molecule has 1 atom stereocenters. The number of ketones is 1. The Bertz CT molecular complexity index is 1030. The molecule has 29 heavy (non-hydrogen) atoms. The summed E-state index contributed by atoms with van der Waals surface area (Å²) in [5.74, 6) is -1.64. The van der Waals surface area contributed by atoms with E-state index in [0.717, 1.165) is 0 Å². The summed E-state index contributed by atoms with van der Waals surface area (Å²) in [5.41, 5.74) is 0.692. The highest BCUT2D eigenvalue weighted by Crippen LogP contribution is 2.18. The van der Waals surface area contributed by atoms with Crippen LogP contribution in [0.2, 0.25) is 0 Å². The van der Waals surface area contributed by atoms with Gasteiger partial charge in [0.15, 0.2) is 22.2 Å². The summed E-state index contributed by atoms with van der Waals surface area (Å²) in [6, 6.07) is 14.4. The van der Waals surface area contributed by atoms with E-state index in [1.54, 1.807) is 42.5 Å². The zero-order valence-electron chi connectivity index (χ0n) is 15.9. The van der Waals surface area contributed by atoms with Gasteiger partial charge < -0.3 is 9.64 Å². The molecule has 152 valence electrons. The molecule has 2 aromatic carbocycles. The number of hydrogen-bond acceptors (Lipinski definition) is 6. The van der Waals surface area contributed by atoms with E-state index in [0.29, 0.717) is 12.0 Å². The summed E-state index contributed by atoms with van der Waals surface area (Å²) in [6.07, 6.45) is 0.368. The molecule has 0 radical (unpaired) electrons. The second-order valence-electron chi connectivity index (χ2n) is 6.88. The summed E-state index contributed by atoms with van der Waals surface area (Å²) in [6.45, 7) is -0.528. The lowest BCUT2D eigenvalue weighted by Gasteiger charge is -2.23. The quantitative estimate of drug-likeness (QED) is 0.526. The van der Waals surface area contributed by atoms with Gasteiger partial charge in [0.2, 0.25) is 0 Å². The number of rotatable bonds is 6. The van der Waals surface area contributed by atoms with E-state index in [1.165, 1.54) is 24.1 Å². The predicted octanol–water partition coefficient (Wildman–Crippen LogP) is 1.72. The second kappa shape index (κ2) is 8.57. The standard InChI is InChI=1S/C21H21NO6S/c1-22(16-11-12-29(26,27)14-16)19(23)13-28-21(25)18-10-6-5-9-17(18)20(24)15-7-3-2-4-8-15/h2-10,16H,11-14H2,1H3/t16-/m0/s1. The maximum Gasteiger partial charge on any atom is 0.339 e. The molecular formula is C21H21NO6S. The lowest BCUT2D eigenvalue weighted by molar-refractivity contribution is -0.134. The van der Waals surface area contributed by atoms with Crippen LogP contribution in [0, 0.1) is 0 Å². The minimum Gasteiger partial charge on any atom is -0.452 e. The van der Waals surface area contributed by atoms with E-state index in [2.05, 4.69) is 0 Å². The molecule has 7 nitrogen and oxygen atoms in total. The van der Waals surface area contributed by atoms with Gasteiger partial charge in [-0.15, -0.1) is 0 Å². The zero-order chi connectivity index (χ0) is 21.0. The molecule has 0 saturated carbocycles. The van der Waals surface area contributed by atoms with Crippen LogP contribution in [0.5, 0.6) is 0 Å². The van der Waals surface area contributed by atoms with Crippen LogP contribution in [0.25, 0.3) is 0 Å². The van der Waals surface area contributed by atoms with Crippen molar-refractivity contribution in [2.24, 2.45) is 0 Å². The first-order valence-electron chi connectivity index (χ1n) is 9.10. The Morgan fingerprint density at radius 3 is 2.24 bits per heavy atom. The minimum atomic E-state index is -3.13. The van der Waals surface area contributed by atoms with Crippen molar-refractivity contribution in [1.82, 2.24) is 4.90 Å². The topological polar surface area (TPSA) is 97.8 Å². The molecule has 0 aliphatic carbocycles. The van der Waals surface area contributed by atoms with E-state index < -0.39 is 34.4 Å². The number of nitrogens with zero attached hydrogens (tertiary/aromatic N) is 1. The Hall–Kier alpha value is -3.00. The Labute approximate surface area is 169 Å². The molecule has 1 amide bonds. The molecule has 1 aliphatic rings. The number of carbonyl (C=O) groups is 3. The Balaban J connectivity index is 1.67. The van der Waals surface area contributed by atoms with Crippen molar-refractivity contribution in [3.63, 3.8) is 0 Å². The second-order valence-corrected chi connectivity index (χ2v) is 9.11. The first kappa shape index (κ1) is 20.7. The number of hydrogen-bond donors (Lipinski definition) is 0. The predicted molar refractivity (Wildman–Crippen MR) is 106 cm³/mol. The molecule has 0 spiro atoms. The van der Waals surface area contributed by atoms with Crippen LogP contribution in [0.15, 0.2) is 54.6 Å². The maximum atomic E-state index is 12.7. The lowest BCUT2D eigenvalue weighted by Crippen LogP contribution is -2.40. The highest BCUT2D eigenvalue weighted by molar-refractivity contribution is 7.91. The number of benzene rings is 2. The van der Waals surface area contributed by atoms with Crippen LogP contribution < -0.4 is 0 Å². The van der Waals surface area contributed by atoms with Gasteiger partial charge in [-0.05, 0) is 12.5 Å². The van der Waals surface area contributed by atoms with Crippen molar-refractivity contribution < 1.29 is 27.5 Å². The van der Waals surface area contributed by atoms with Crippen LogP contribution in [0.4, 0.5) is 0 Å². The summed E-state index contributed by atoms with van der Waals surface area (Å²) in [7, 11) is -1.63. The van der Waals surface area contributed by atoms with Gasteiger partial charge >= 0.3 is 5.97 Å². The van der Waals surface area contributed by atoms with Gasteiger partial charge in [0.25, 0.3) is 5.91 Å². The first-order valence-corrected chi connectivity index (χ1v) is 10.9. The molecule has 0 bridgehead atoms. The van der Waals surface area contributed by atoms with Crippen LogP contribution >= 0.6 is 0 Å². The van der Waals surface area contributed by atoms with Crippen molar-refractivity contribution in [3.8, 4) is 0 Å². The maximum absolute atomic E-state index is 12.7. The highest BCUT2D eigenvalue weighted by Gasteiger charge is 2.33. The molecule has 1 saturated heterocycles. The van der Waals surface area contributed by atoms with E-state index in [4.69, 9.17) is 4.74 Å². The van der Waals surface area contributed by atoms with Crippen LogP contribution in [0.3, 0.4) is 0 Å². The largest absolute Gasteiger partial charge is 0.452 e. The fourth-order valence-corrected chi connectivity index (χ4v) is 4.97. The third-order valence-electron chi connectivity index (χ3n) is 4.90. The highest BCUT2D eigenvalue weighted by atomic mass is 32.2. The summed E-state index contributed by atoms with van der Waals surface area (Å²) in [4.78, 5) is 38.8. The van der Waals surface area contributed by atoms with E-state index in [1.807, 2.05) is 0 Å². The summed E-state index contributed by atoms with van der Waals surface area (Å²) >= 11 is 0. The van der Waals surface area contributed by atoms with Gasteiger partial charge in [-0.3, -0.25) is 9.59 Å². The fraction of sp³-hybridized carbons (Fsp3) is 0.286. The van der Waals surface area contributed by atoms with Crippen molar-refractivity contribution in [2.75, 3.05) is 25.2 Å². The average Bonchev–Trinajstić information content (AvgIpc) is 3.10. The molecular weight excluding hydrogens is 394 g/mol. The number of amides is 1. The summed E-state index contributed by atoms with van der Waals surface area (Å²) in [5, 5.41) is 0. The normalized spacial score (nSPS) is 17.5. The molecule has 8 heteroatoms. The number of carbonyl (C=O) groups excluding carboxylic acids is 3. The Kier molecular flexibility index (Phi) is 6.12. The molecule has 2 aromatic rings. The lowest BCUT2D eigenvalue weighted by atomic mass is 9.98. The number of sulfone groups is 1. The van der Waals surface area contributed by atoms with Gasteiger partial charge in [0.1, 0.15) is 0 Å². The van der Waals surface area contributed by atoms with Gasteiger partial charge in [0.05, 0.1) is 17.1 Å². The van der Waals surface area contributed by atoms with Gasteiger partial charge in [-0.2, -0.15) is 0 Å². The zero-order valence-corrected chi connectivity index (χ0v) is 16.7. The SMILES string of the molecule is CN(C(=O)COC(=O)c1ccccc1C(=O)c1ccccc1)[C@H]1CCS(=O)(=O)C1. The van der Waals surface area contributed by atoms with Crippen LogP contribution in [-0.4, -0.2) is 62.2 Å². The van der Waals surface area contributed by atoms with Crippen molar-refractivity contribution >= 4 is 27.5 Å². The summed E-state index contributed by atoms with van der Waals surface area (Å²) < 4.78 is 28.3. The van der Waals surface area contributed by atoms with Gasteiger partial charge in [-0.1, -0.05) is 48.5 Å². The third-order valence-corrected chi connectivity index (χ3v) is 6.65.